The highest BCUT2D eigenvalue weighted by Crippen LogP contribution is 2.40. The van der Waals surface area contributed by atoms with Crippen LogP contribution in [0.4, 0.5) is 0 Å². The van der Waals surface area contributed by atoms with Gasteiger partial charge in [-0.15, -0.1) is 0 Å². The second kappa shape index (κ2) is 6.23. The van der Waals surface area contributed by atoms with E-state index in [1.165, 1.54) is 5.56 Å². The van der Waals surface area contributed by atoms with Crippen molar-refractivity contribution in [3.63, 3.8) is 0 Å². The molecule has 1 heterocycles. The van der Waals surface area contributed by atoms with Crippen LogP contribution in [0.5, 0.6) is 0 Å². The summed E-state index contributed by atoms with van der Waals surface area (Å²) in [4.78, 5) is 17.1. The standard InChI is InChI=1S/C19H28N2O2/c1-18(2)9-5-10-19(23,12-18)13-21-17(22)15-8-3-6-14-7-4-11-20-16(14)15/h4,7,11,15,23H,3,5-6,8-10,12-13H2,1-2H3,(H,21,22)/t15-,19+/m1/s1. The molecule has 1 saturated carbocycles. The molecule has 1 amide bonds. The molecule has 0 spiro atoms. The maximum absolute atomic E-state index is 12.6. The second-order valence-electron chi connectivity index (χ2n) is 8.13. The van der Waals surface area contributed by atoms with Gasteiger partial charge in [0.05, 0.1) is 17.2 Å². The van der Waals surface area contributed by atoms with Crippen molar-refractivity contribution in [2.45, 2.75) is 70.3 Å². The van der Waals surface area contributed by atoms with Gasteiger partial charge in [0.2, 0.25) is 5.91 Å². The van der Waals surface area contributed by atoms with Crippen LogP contribution >= 0.6 is 0 Å². The summed E-state index contributed by atoms with van der Waals surface area (Å²) < 4.78 is 0. The summed E-state index contributed by atoms with van der Waals surface area (Å²) in [7, 11) is 0. The van der Waals surface area contributed by atoms with Crippen molar-refractivity contribution in [1.82, 2.24) is 10.3 Å². The zero-order chi connectivity index (χ0) is 16.5. The van der Waals surface area contributed by atoms with Crippen molar-refractivity contribution in [2.75, 3.05) is 6.54 Å². The van der Waals surface area contributed by atoms with Crippen LogP contribution in [0.25, 0.3) is 0 Å². The Morgan fingerprint density at radius 2 is 2.22 bits per heavy atom. The molecule has 0 radical (unpaired) electrons. The normalized spacial score (nSPS) is 29.6. The van der Waals surface area contributed by atoms with E-state index in [2.05, 4.69) is 30.2 Å². The first-order valence-electron chi connectivity index (χ1n) is 8.83. The highest BCUT2D eigenvalue weighted by atomic mass is 16.3. The van der Waals surface area contributed by atoms with Crippen LogP contribution in [-0.4, -0.2) is 28.1 Å². The highest BCUT2D eigenvalue weighted by Gasteiger charge is 2.39. The number of aryl methyl sites for hydroxylation is 1. The second-order valence-corrected chi connectivity index (χ2v) is 8.13. The molecule has 0 aliphatic heterocycles. The molecule has 0 aromatic carbocycles. The van der Waals surface area contributed by atoms with Crippen molar-refractivity contribution in [1.29, 1.82) is 0 Å². The fourth-order valence-electron chi connectivity index (χ4n) is 4.35. The molecule has 2 aliphatic rings. The number of pyridine rings is 1. The molecule has 2 aliphatic carbocycles. The molecular weight excluding hydrogens is 288 g/mol. The molecule has 0 unspecified atom stereocenters. The molecule has 1 aromatic rings. The Labute approximate surface area is 138 Å². The maximum atomic E-state index is 12.6. The van der Waals surface area contributed by atoms with Crippen molar-refractivity contribution in [3.05, 3.63) is 29.6 Å². The lowest BCUT2D eigenvalue weighted by molar-refractivity contribution is -0.125. The van der Waals surface area contributed by atoms with E-state index in [1.807, 2.05) is 6.07 Å². The zero-order valence-electron chi connectivity index (χ0n) is 14.3. The summed E-state index contributed by atoms with van der Waals surface area (Å²) >= 11 is 0. The Hall–Kier alpha value is -1.42. The monoisotopic (exact) mass is 316 g/mol. The quantitative estimate of drug-likeness (QED) is 0.901. The van der Waals surface area contributed by atoms with Crippen LogP contribution in [0.15, 0.2) is 18.3 Å². The van der Waals surface area contributed by atoms with Gasteiger partial charge in [-0.2, -0.15) is 0 Å². The molecule has 2 N–H and O–H groups in total. The van der Waals surface area contributed by atoms with Gasteiger partial charge < -0.3 is 10.4 Å². The third-order valence-corrected chi connectivity index (χ3v) is 5.41. The number of nitrogens with one attached hydrogen (secondary N) is 1. The topological polar surface area (TPSA) is 62.2 Å². The van der Waals surface area contributed by atoms with Gasteiger partial charge in [0.25, 0.3) is 0 Å². The molecule has 3 rings (SSSR count). The van der Waals surface area contributed by atoms with Crippen molar-refractivity contribution in [2.24, 2.45) is 5.41 Å². The third kappa shape index (κ3) is 3.74. The summed E-state index contributed by atoms with van der Waals surface area (Å²) in [6.07, 6.45) is 8.33. The van der Waals surface area contributed by atoms with Crippen LogP contribution in [0, 0.1) is 5.41 Å². The van der Waals surface area contributed by atoms with Gasteiger partial charge in [-0.1, -0.05) is 19.9 Å². The molecule has 4 heteroatoms. The predicted molar refractivity (Wildman–Crippen MR) is 90.1 cm³/mol. The Morgan fingerprint density at radius 3 is 3.00 bits per heavy atom. The first kappa shape index (κ1) is 16.4. The van der Waals surface area contributed by atoms with Gasteiger partial charge in [0.1, 0.15) is 0 Å². The number of rotatable bonds is 3. The number of fused-ring (bicyclic) bond motifs is 1. The first-order chi connectivity index (χ1) is 10.9. The smallest absolute Gasteiger partial charge is 0.229 e. The summed E-state index contributed by atoms with van der Waals surface area (Å²) in [5.41, 5.74) is 1.50. The number of aliphatic hydroxyl groups is 1. The van der Waals surface area contributed by atoms with Crippen LogP contribution in [-0.2, 0) is 11.2 Å². The fraction of sp³-hybridized carbons (Fsp3) is 0.684. The molecule has 1 aromatic heterocycles. The Balaban J connectivity index is 1.64. The minimum Gasteiger partial charge on any atom is -0.388 e. The van der Waals surface area contributed by atoms with E-state index in [9.17, 15) is 9.90 Å². The fourth-order valence-corrected chi connectivity index (χ4v) is 4.35. The van der Waals surface area contributed by atoms with Crippen LogP contribution in [0.2, 0.25) is 0 Å². The lowest BCUT2D eigenvalue weighted by Gasteiger charge is -2.41. The average molecular weight is 316 g/mol. The number of carbonyl (C=O) groups excluding carboxylic acids is 1. The highest BCUT2D eigenvalue weighted by molar-refractivity contribution is 5.83. The number of aromatic nitrogens is 1. The Kier molecular flexibility index (Phi) is 4.45. The molecule has 23 heavy (non-hydrogen) atoms. The number of hydrogen-bond donors (Lipinski definition) is 2. The van der Waals surface area contributed by atoms with Crippen molar-refractivity contribution in [3.8, 4) is 0 Å². The molecule has 1 fully saturated rings. The largest absolute Gasteiger partial charge is 0.388 e. The molecule has 2 atom stereocenters. The minimum atomic E-state index is -0.765. The number of amides is 1. The van der Waals surface area contributed by atoms with E-state index in [4.69, 9.17) is 0 Å². The van der Waals surface area contributed by atoms with Gasteiger partial charge in [0.15, 0.2) is 0 Å². The maximum Gasteiger partial charge on any atom is 0.229 e. The summed E-state index contributed by atoms with van der Waals surface area (Å²) in [5, 5.41) is 13.8. The lowest BCUT2D eigenvalue weighted by Crippen LogP contribution is -2.49. The van der Waals surface area contributed by atoms with Gasteiger partial charge >= 0.3 is 0 Å². The van der Waals surface area contributed by atoms with E-state index < -0.39 is 5.60 Å². The minimum absolute atomic E-state index is 0.0152. The first-order valence-corrected chi connectivity index (χ1v) is 8.83. The number of carbonyl (C=O) groups is 1. The van der Waals surface area contributed by atoms with Crippen molar-refractivity contribution >= 4 is 5.91 Å². The van der Waals surface area contributed by atoms with Crippen LogP contribution in [0.3, 0.4) is 0 Å². The van der Waals surface area contributed by atoms with E-state index in [-0.39, 0.29) is 17.2 Å². The Bertz CT molecular complexity index is 584. The van der Waals surface area contributed by atoms with Crippen molar-refractivity contribution < 1.29 is 9.90 Å². The Morgan fingerprint density at radius 1 is 1.39 bits per heavy atom. The molecule has 0 bridgehead atoms. The van der Waals surface area contributed by atoms with Crippen LogP contribution in [0.1, 0.15) is 69.5 Å². The number of nitrogens with zero attached hydrogens (tertiary/aromatic N) is 1. The van der Waals surface area contributed by atoms with E-state index in [0.717, 1.165) is 50.6 Å². The van der Waals surface area contributed by atoms with E-state index in [1.54, 1.807) is 6.20 Å². The summed E-state index contributed by atoms with van der Waals surface area (Å²) in [5.74, 6) is -0.151. The van der Waals surface area contributed by atoms with E-state index >= 15 is 0 Å². The molecule has 0 saturated heterocycles. The molecular formula is C19H28N2O2. The number of hydrogen-bond acceptors (Lipinski definition) is 3. The predicted octanol–water partition coefficient (Wildman–Crippen LogP) is 2.95. The molecule has 4 nitrogen and oxygen atoms in total. The third-order valence-electron chi connectivity index (χ3n) is 5.41. The van der Waals surface area contributed by atoms with Gasteiger partial charge in [-0.25, -0.2) is 0 Å². The van der Waals surface area contributed by atoms with Gasteiger partial charge in [-0.05, 0) is 62.0 Å². The van der Waals surface area contributed by atoms with E-state index in [0.29, 0.717) is 6.54 Å². The SMILES string of the molecule is CC1(C)CCC[C@@](O)(CNC(=O)[C@@H]2CCCc3cccnc32)C1. The van der Waals surface area contributed by atoms with Crippen LogP contribution < -0.4 is 5.32 Å². The van der Waals surface area contributed by atoms with Gasteiger partial charge in [0, 0.05) is 12.7 Å². The van der Waals surface area contributed by atoms with Gasteiger partial charge in [-0.3, -0.25) is 9.78 Å². The zero-order valence-corrected chi connectivity index (χ0v) is 14.3. The summed E-state index contributed by atoms with van der Waals surface area (Å²) in [6.45, 7) is 4.74. The molecule has 126 valence electrons. The summed E-state index contributed by atoms with van der Waals surface area (Å²) in [6, 6.07) is 4.00. The average Bonchev–Trinajstić information content (AvgIpc) is 2.51. The lowest BCUT2D eigenvalue weighted by atomic mass is 9.70.